The van der Waals surface area contributed by atoms with Gasteiger partial charge < -0.3 is 4.74 Å². The van der Waals surface area contributed by atoms with Crippen molar-refractivity contribution in [2.75, 3.05) is 19.7 Å². The second kappa shape index (κ2) is 6.83. The molecule has 0 amide bonds. The number of hydrogen-bond donors (Lipinski definition) is 0. The second-order valence-corrected chi connectivity index (χ2v) is 8.58. The van der Waals surface area contributed by atoms with Gasteiger partial charge in [-0.1, -0.05) is 60.2 Å². The van der Waals surface area contributed by atoms with E-state index in [0.717, 1.165) is 16.3 Å². The Bertz CT molecular complexity index is 1030. The van der Waals surface area contributed by atoms with E-state index < -0.39 is 10.0 Å². The molecular formula is C21H21NO3S. The fourth-order valence-corrected chi connectivity index (χ4v) is 4.76. The lowest BCUT2D eigenvalue weighted by atomic mass is 10.1. The summed E-state index contributed by atoms with van der Waals surface area (Å²) in [5.41, 5.74) is 2.18. The zero-order valence-corrected chi connectivity index (χ0v) is 15.4. The van der Waals surface area contributed by atoms with Crippen molar-refractivity contribution in [1.29, 1.82) is 0 Å². The van der Waals surface area contributed by atoms with Crippen LogP contribution in [0.1, 0.15) is 17.2 Å². The van der Waals surface area contributed by atoms with Crippen LogP contribution in [0.2, 0.25) is 0 Å². The first-order chi connectivity index (χ1) is 12.5. The average molecular weight is 367 g/mol. The van der Waals surface area contributed by atoms with Crippen molar-refractivity contribution >= 4 is 20.8 Å². The van der Waals surface area contributed by atoms with E-state index in [1.807, 2.05) is 61.5 Å². The van der Waals surface area contributed by atoms with Gasteiger partial charge in [0, 0.05) is 13.1 Å². The molecule has 0 aromatic heterocycles. The minimum Gasteiger partial charge on any atom is -0.371 e. The average Bonchev–Trinajstić information content (AvgIpc) is 2.68. The minimum absolute atomic E-state index is 0.236. The Balaban J connectivity index is 1.62. The van der Waals surface area contributed by atoms with E-state index in [2.05, 4.69) is 0 Å². The standard InChI is InChI=1S/C21H21NO3S/c1-16-6-8-18(9-7-16)21-15-22(12-13-25-21)26(23,24)20-11-10-17-4-2-3-5-19(17)14-20/h2-11,14,21H,12-13,15H2,1H3. The van der Waals surface area contributed by atoms with Crippen molar-refractivity contribution in [3.63, 3.8) is 0 Å². The highest BCUT2D eigenvalue weighted by atomic mass is 32.2. The summed E-state index contributed by atoms with van der Waals surface area (Å²) in [6.45, 7) is 3.13. The van der Waals surface area contributed by atoms with E-state index in [-0.39, 0.29) is 6.10 Å². The Morgan fingerprint density at radius 2 is 1.69 bits per heavy atom. The van der Waals surface area contributed by atoms with Crippen LogP contribution in [0.5, 0.6) is 0 Å². The number of benzene rings is 3. The first-order valence-electron chi connectivity index (χ1n) is 8.71. The van der Waals surface area contributed by atoms with Crippen LogP contribution in [0.15, 0.2) is 71.6 Å². The summed E-state index contributed by atoms with van der Waals surface area (Å²) < 4.78 is 33.6. The molecule has 134 valence electrons. The zero-order valence-electron chi connectivity index (χ0n) is 14.6. The van der Waals surface area contributed by atoms with E-state index >= 15 is 0 Å². The predicted molar refractivity (Wildman–Crippen MR) is 103 cm³/mol. The summed E-state index contributed by atoms with van der Waals surface area (Å²) in [4.78, 5) is 0.334. The number of sulfonamides is 1. The summed E-state index contributed by atoms with van der Waals surface area (Å²) in [6.07, 6.45) is -0.236. The Morgan fingerprint density at radius 3 is 2.46 bits per heavy atom. The molecule has 0 bridgehead atoms. The molecule has 1 aliphatic heterocycles. The van der Waals surface area contributed by atoms with E-state index in [0.29, 0.717) is 24.6 Å². The van der Waals surface area contributed by atoms with Crippen molar-refractivity contribution in [2.45, 2.75) is 17.9 Å². The molecule has 1 heterocycles. The number of fused-ring (bicyclic) bond motifs is 1. The van der Waals surface area contributed by atoms with Gasteiger partial charge in [0.25, 0.3) is 0 Å². The molecule has 1 saturated heterocycles. The molecule has 1 unspecified atom stereocenters. The van der Waals surface area contributed by atoms with Crippen molar-refractivity contribution in [3.05, 3.63) is 77.9 Å². The lowest BCUT2D eigenvalue weighted by Gasteiger charge is -2.32. The van der Waals surface area contributed by atoms with Crippen LogP contribution < -0.4 is 0 Å². The van der Waals surface area contributed by atoms with Crippen molar-refractivity contribution < 1.29 is 13.2 Å². The Labute approximate surface area is 154 Å². The molecule has 4 nitrogen and oxygen atoms in total. The molecular weight excluding hydrogens is 346 g/mol. The Morgan fingerprint density at radius 1 is 0.962 bits per heavy atom. The van der Waals surface area contributed by atoms with Crippen LogP contribution in [0.4, 0.5) is 0 Å². The van der Waals surface area contributed by atoms with E-state index in [1.165, 1.54) is 9.87 Å². The maximum absolute atomic E-state index is 13.1. The van der Waals surface area contributed by atoms with Gasteiger partial charge in [0.05, 0.1) is 17.6 Å². The second-order valence-electron chi connectivity index (χ2n) is 6.64. The normalized spacial score (nSPS) is 18.9. The maximum Gasteiger partial charge on any atom is 0.243 e. The molecule has 3 aromatic carbocycles. The third kappa shape index (κ3) is 3.26. The SMILES string of the molecule is Cc1ccc(C2CN(S(=O)(=O)c3ccc4ccccc4c3)CCO2)cc1. The van der Waals surface area contributed by atoms with Gasteiger partial charge in [-0.2, -0.15) is 4.31 Å². The number of rotatable bonds is 3. The number of morpholine rings is 1. The monoisotopic (exact) mass is 367 g/mol. The predicted octanol–water partition coefficient (Wildman–Crippen LogP) is 3.91. The molecule has 1 atom stereocenters. The van der Waals surface area contributed by atoms with Gasteiger partial charge in [0.15, 0.2) is 0 Å². The van der Waals surface area contributed by atoms with Gasteiger partial charge in [-0.05, 0) is 35.4 Å². The summed E-state index contributed by atoms with van der Waals surface area (Å²) in [5.74, 6) is 0. The first kappa shape index (κ1) is 17.2. The zero-order chi connectivity index (χ0) is 18.1. The fraction of sp³-hybridized carbons (Fsp3) is 0.238. The third-order valence-corrected chi connectivity index (χ3v) is 6.70. The summed E-state index contributed by atoms with van der Waals surface area (Å²) in [6, 6.07) is 21.1. The van der Waals surface area contributed by atoms with Gasteiger partial charge in [-0.3, -0.25) is 0 Å². The topological polar surface area (TPSA) is 46.6 Å². The van der Waals surface area contributed by atoms with Crippen LogP contribution in [-0.2, 0) is 14.8 Å². The van der Waals surface area contributed by atoms with Gasteiger partial charge >= 0.3 is 0 Å². The molecule has 3 aromatic rings. The summed E-state index contributed by atoms with van der Waals surface area (Å²) >= 11 is 0. The summed E-state index contributed by atoms with van der Waals surface area (Å²) in [5, 5.41) is 1.96. The van der Waals surface area contributed by atoms with E-state index in [4.69, 9.17) is 4.74 Å². The Hall–Kier alpha value is -2.21. The molecule has 26 heavy (non-hydrogen) atoms. The van der Waals surface area contributed by atoms with Gasteiger partial charge in [0.2, 0.25) is 10.0 Å². The van der Waals surface area contributed by atoms with Gasteiger partial charge in [-0.15, -0.1) is 0 Å². The van der Waals surface area contributed by atoms with E-state index in [9.17, 15) is 8.42 Å². The molecule has 1 aliphatic rings. The smallest absolute Gasteiger partial charge is 0.243 e. The van der Waals surface area contributed by atoms with Crippen LogP contribution >= 0.6 is 0 Å². The Kier molecular flexibility index (Phi) is 4.53. The van der Waals surface area contributed by atoms with Crippen LogP contribution in [0, 0.1) is 6.92 Å². The van der Waals surface area contributed by atoms with Gasteiger partial charge in [-0.25, -0.2) is 8.42 Å². The fourth-order valence-electron chi connectivity index (χ4n) is 3.30. The van der Waals surface area contributed by atoms with Crippen molar-refractivity contribution in [3.8, 4) is 0 Å². The van der Waals surface area contributed by atoms with Crippen LogP contribution in [-0.4, -0.2) is 32.4 Å². The number of hydrogen-bond acceptors (Lipinski definition) is 3. The number of aryl methyl sites for hydroxylation is 1. The first-order valence-corrected chi connectivity index (χ1v) is 10.2. The molecule has 1 fully saturated rings. The van der Waals surface area contributed by atoms with E-state index in [1.54, 1.807) is 12.1 Å². The van der Waals surface area contributed by atoms with Crippen molar-refractivity contribution in [2.24, 2.45) is 0 Å². The molecule has 0 aliphatic carbocycles. The molecule has 4 rings (SSSR count). The molecule has 0 N–H and O–H groups in total. The lowest BCUT2D eigenvalue weighted by molar-refractivity contribution is -0.00255. The molecule has 0 saturated carbocycles. The summed E-state index contributed by atoms with van der Waals surface area (Å²) in [7, 11) is -3.55. The molecule has 0 spiro atoms. The number of nitrogens with zero attached hydrogens (tertiary/aromatic N) is 1. The highest BCUT2D eigenvalue weighted by molar-refractivity contribution is 7.89. The highest BCUT2D eigenvalue weighted by Gasteiger charge is 2.31. The van der Waals surface area contributed by atoms with Crippen molar-refractivity contribution in [1.82, 2.24) is 4.31 Å². The molecule has 0 radical (unpaired) electrons. The number of ether oxygens (including phenoxy) is 1. The third-order valence-electron chi connectivity index (χ3n) is 4.84. The van der Waals surface area contributed by atoms with Crippen LogP contribution in [0.25, 0.3) is 10.8 Å². The van der Waals surface area contributed by atoms with Crippen LogP contribution in [0.3, 0.4) is 0 Å². The minimum atomic E-state index is -3.55. The quantitative estimate of drug-likeness (QED) is 0.705. The molecule has 5 heteroatoms. The highest BCUT2D eigenvalue weighted by Crippen LogP contribution is 2.28. The van der Waals surface area contributed by atoms with Gasteiger partial charge in [0.1, 0.15) is 0 Å². The largest absolute Gasteiger partial charge is 0.371 e. The lowest BCUT2D eigenvalue weighted by Crippen LogP contribution is -2.42. The maximum atomic E-state index is 13.1.